The number of aromatic nitrogens is 2. The number of nitrogens with zero attached hydrogens (tertiary/aromatic N) is 3. The number of carbonyl (C=O) groups is 1. The fraction of sp³-hybridized carbons (Fsp3) is 0.318. The molecule has 0 aliphatic carbocycles. The van der Waals surface area contributed by atoms with E-state index < -0.39 is 0 Å². The molecule has 6 heteroatoms. The summed E-state index contributed by atoms with van der Waals surface area (Å²) in [6, 6.07) is 15.0. The Hall–Kier alpha value is -3.15. The fourth-order valence-electron chi connectivity index (χ4n) is 3.65. The highest BCUT2D eigenvalue weighted by molar-refractivity contribution is 5.95. The van der Waals surface area contributed by atoms with Crippen molar-refractivity contribution in [3.05, 3.63) is 65.5 Å². The molecule has 2 aromatic carbocycles. The van der Waals surface area contributed by atoms with Gasteiger partial charge in [-0.2, -0.15) is 4.98 Å². The molecule has 1 fully saturated rings. The van der Waals surface area contributed by atoms with Gasteiger partial charge in [-0.25, -0.2) is 0 Å². The van der Waals surface area contributed by atoms with Gasteiger partial charge in [0.15, 0.2) is 0 Å². The molecule has 4 rings (SSSR count). The first-order valence-electron chi connectivity index (χ1n) is 9.52. The fourth-order valence-corrected chi connectivity index (χ4v) is 3.65. The lowest BCUT2D eigenvalue weighted by Gasteiger charge is -2.33. The first-order valence-corrected chi connectivity index (χ1v) is 9.52. The molecule has 144 valence electrons. The van der Waals surface area contributed by atoms with Crippen molar-refractivity contribution in [1.82, 2.24) is 15.0 Å². The van der Waals surface area contributed by atoms with Crippen LogP contribution in [-0.4, -0.2) is 34.6 Å². The minimum absolute atomic E-state index is 0.0175. The van der Waals surface area contributed by atoms with Crippen LogP contribution in [0.5, 0.6) is 5.75 Å². The van der Waals surface area contributed by atoms with Crippen LogP contribution < -0.4 is 4.74 Å². The van der Waals surface area contributed by atoms with Gasteiger partial charge in [0.2, 0.25) is 11.7 Å². The number of likely N-dealkylation sites (tertiary alicyclic amines) is 1. The molecule has 1 aromatic heterocycles. The largest absolute Gasteiger partial charge is 0.497 e. The first-order chi connectivity index (χ1) is 13.7. The molecule has 6 nitrogen and oxygen atoms in total. The smallest absolute Gasteiger partial charge is 0.254 e. The van der Waals surface area contributed by atoms with Gasteiger partial charge in [0.1, 0.15) is 11.8 Å². The Bertz CT molecular complexity index is 982. The molecule has 0 spiro atoms. The van der Waals surface area contributed by atoms with Crippen molar-refractivity contribution >= 4 is 5.91 Å². The predicted octanol–water partition coefficient (Wildman–Crippen LogP) is 4.42. The topological polar surface area (TPSA) is 68.5 Å². The highest BCUT2D eigenvalue weighted by atomic mass is 16.5. The van der Waals surface area contributed by atoms with Gasteiger partial charge in [-0.05, 0) is 49.9 Å². The summed E-state index contributed by atoms with van der Waals surface area (Å²) >= 11 is 0. The molecule has 1 atom stereocenters. The quantitative estimate of drug-likeness (QED) is 0.673. The van der Waals surface area contributed by atoms with Crippen molar-refractivity contribution in [3.63, 3.8) is 0 Å². The van der Waals surface area contributed by atoms with Gasteiger partial charge in [-0.3, -0.25) is 4.79 Å². The minimum atomic E-state index is -0.201. The Kier molecular flexibility index (Phi) is 5.10. The zero-order valence-electron chi connectivity index (χ0n) is 16.1. The minimum Gasteiger partial charge on any atom is -0.497 e. The highest BCUT2D eigenvalue weighted by Gasteiger charge is 2.33. The summed E-state index contributed by atoms with van der Waals surface area (Å²) in [5.74, 6) is 1.74. The summed E-state index contributed by atoms with van der Waals surface area (Å²) in [4.78, 5) is 19.7. The first kappa shape index (κ1) is 18.2. The number of benzene rings is 2. The Labute approximate surface area is 164 Å². The number of rotatable bonds is 4. The molecule has 28 heavy (non-hydrogen) atoms. The standard InChI is InChI=1S/C22H23N3O3/c1-15-8-3-4-11-18(15)22(26)25-13-6-5-12-19(25)21-23-20(24-28-21)16-9-7-10-17(14-16)27-2/h3-4,7-11,14,19H,5-6,12-13H2,1-2H3. The molecule has 0 bridgehead atoms. The van der Waals surface area contributed by atoms with Crippen LogP contribution >= 0.6 is 0 Å². The van der Waals surface area contributed by atoms with Crippen molar-refractivity contribution in [1.29, 1.82) is 0 Å². The van der Waals surface area contributed by atoms with Gasteiger partial charge in [0, 0.05) is 17.7 Å². The zero-order valence-corrected chi connectivity index (χ0v) is 16.1. The molecular formula is C22H23N3O3. The van der Waals surface area contributed by atoms with E-state index in [1.165, 1.54) is 0 Å². The summed E-state index contributed by atoms with van der Waals surface area (Å²) in [5.41, 5.74) is 2.52. The van der Waals surface area contributed by atoms with Gasteiger partial charge < -0.3 is 14.2 Å². The van der Waals surface area contributed by atoms with Crippen LogP contribution in [0.1, 0.15) is 47.1 Å². The Morgan fingerprint density at radius 2 is 2.04 bits per heavy atom. The van der Waals surface area contributed by atoms with Crippen molar-refractivity contribution in [2.75, 3.05) is 13.7 Å². The van der Waals surface area contributed by atoms with Crippen LogP contribution in [-0.2, 0) is 0 Å². The lowest BCUT2D eigenvalue weighted by atomic mass is 9.99. The van der Waals surface area contributed by atoms with Crippen molar-refractivity contribution in [3.8, 4) is 17.1 Å². The molecule has 1 amide bonds. The van der Waals surface area contributed by atoms with Crippen LogP contribution in [0.2, 0.25) is 0 Å². The molecule has 0 saturated carbocycles. The number of aryl methyl sites for hydroxylation is 1. The third-order valence-corrected chi connectivity index (χ3v) is 5.19. The number of amides is 1. The molecule has 1 unspecified atom stereocenters. The molecule has 0 N–H and O–H groups in total. The average Bonchev–Trinajstić information content (AvgIpc) is 3.24. The third-order valence-electron chi connectivity index (χ3n) is 5.19. The summed E-state index contributed by atoms with van der Waals surface area (Å²) in [6.45, 7) is 2.65. The average molecular weight is 377 g/mol. The normalized spacial score (nSPS) is 16.8. The number of piperidine rings is 1. The molecule has 1 saturated heterocycles. The van der Waals surface area contributed by atoms with E-state index in [1.54, 1.807) is 7.11 Å². The zero-order chi connectivity index (χ0) is 19.5. The lowest BCUT2D eigenvalue weighted by molar-refractivity contribution is 0.0560. The molecule has 0 radical (unpaired) electrons. The molecule has 1 aliphatic heterocycles. The van der Waals surface area contributed by atoms with Gasteiger partial charge in [-0.1, -0.05) is 35.5 Å². The van der Waals surface area contributed by atoms with Crippen LogP contribution in [0, 0.1) is 6.92 Å². The number of hydrogen-bond acceptors (Lipinski definition) is 5. The van der Waals surface area contributed by atoms with Crippen LogP contribution in [0.3, 0.4) is 0 Å². The van der Waals surface area contributed by atoms with E-state index in [1.807, 2.05) is 60.4 Å². The Balaban J connectivity index is 1.63. The second-order valence-corrected chi connectivity index (χ2v) is 7.01. The molecule has 2 heterocycles. The second-order valence-electron chi connectivity index (χ2n) is 7.01. The van der Waals surface area contributed by atoms with Crippen LogP contribution in [0.4, 0.5) is 0 Å². The van der Waals surface area contributed by atoms with Gasteiger partial charge in [-0.15, -0.1) is 0 Å². The van der Waals surface area contributed by atoms with E-state index in [0.717, 1.165) is 41.7 Å². The van der Waals surface area contributed by atoms with Gasteiger partial charge in [0.25, 0.3) is 5.91 Å². The van der Waals surface area contributed by atoms with Crippen molar-refractivity contribution in [2.45, 2.75) is 32.2 Å². The Morgan fingerprint density at radius 3 is 2.86 bits per heavy atom. The highest BCUT2D eigenvalue weighted by Crippen LogP contribution is 2.33. The summed E-state index contributed by atoms with van der Waals surface area (Å²) in [5, 5.41) is 4.14. The van der Waals surface area contributed by atoms with Crippen molar-refractivity contribution in [2.24, 2.45) is 0 Å². The van der Waals surface area contributed by atoms with E-state index >= 15 is 0 Å². The van der Waals surface area contributed by atoms with E-state index in [0.29, 0.717) is 18.3 Å². The predicted molar refractivity (Wildman–Crippen MR) is 105 cm³/mol. The lowest BCUT2D eigenvalue weighted by Crippen LogP contribution is -2.39. The van der Waals surface area contributed by atoms with E-state index in [2.05, 4.69) is 10.1 Å². The van der Waals surface area contributed by atoms with E-state index in [9.17, 15) is 4.79 Å². The van der Waals surface area contributed by atoms with E-state index in [-0.39, 0.29) is 11.9 Å². The number of ether oxygens (including phenoxy) is 1. The van der Waals surface area contributed by atoms with Crippen LogP contribution in [0.15, 0.2) is 53.1 Å². The second kappa shape index (κ2) is 7.84. The monoisotopic (exact) mass is 377 g/mol. The van der Waals surface area contributed by atoms with Crippen molar-refractivity contribution < 1.29 is 14.1 Å². The number of hydrogen-bond donors (Lipinski definition) is 0. The third kappa shape index (κ3) is 3.50. The number of methoxy groups -OCH3 is 1. The molecule has 3 aromatic rings. The maximum Gasteiger partial charge on any atom is 0.254 e. The van der Waals surface area contributed by atoms with Crippen LogP contribution in [0.25, 0.3) is 11.4 Å². The van der Waals surface area contributed by atoms with Gasteiger partial charge >= 0.3 is 0 Å². The molecule has 1 aliphatic rings. The molecular weight excluding hydrogens is 354 g/mol. The SMILES string of the molecule is COc1cccc(-c2noc(C3CCCCN3C(=O)c3ccccc3C)n2)c1. The van der Waals surface area contributed by atoms with E-state index in [4.69, 9.17) is 9.26 Å². The number of carbonyl (C=O) groups excluding carboxylic acids is 1. The summed E-state index contributed by atoms with van der Waals surface area (Å²) < 4.78 is 10.9. The maximum atomic E-state index is 13.2. The Morgan fingerprint density at radius 1 is 1.18 bits per heavy atom. The summed E-state index contributed by atoms with van der Waals surface area (Å²) in [7, 11) is 1.62. The maximum absolute atomic E-state index is 13.2. The summed E-state index contributed by atoms with van der Waals surface area (Å²) in [6.07, 6.45) is 2.82. The van der Waals surface area contributed by atoms with Gasteiger partial charge in [0.05, 0.1) is 7.11 Å².